The van der Waals surface area contributed by atoms with Gasteiger partial charge in [0.1, 0.15) is 11.8 Å². The van der Waals surface area contributed by atoms with Gasteiger partial charge in [-0.1, -0.05) is 77.8 Å². The number of H-pyrrole nitrogens is 1. The van der Waals surface area contributed by atoms with Crippen LogP contribution in [0, 0.1) is 0 Å². The number of aromatic amines is 1. The highest BCUT2D eigenvalue weighted by Gasteiger charge is 2.35. The quantitative estimate of drug-likeness (QED) is 0.448. The molecule has 3 aromatic rings. The van der Waals surface area contributed by atoms with Gasteiger partial charge in [-0.15, -0.1) is 0 Å². The van der Waals surface area contributed by atoms with Crippen molar-refractivity contribution in [3.63, 3.8) is 0 Å². The van der Waals surface area contributed by atoms with Gasteiger partial charge in [-0.3, -0.25) is 4.90 Å². The van der Waals surface area contributed by atoms with E-state index in [-0.39, 0.29) is 12.1 Å². The summed E-state index contributed by atoms with van der Waals surface area (Å²) in [7, 11) is 0. The van der Waals surface area contributed by atoms with Crippen LogP contribution < -0.4 is 15.3 Å². The van der Waals surface area contributed by atoms with Gasteiger partial charge in [0, 0.05) is 27.4 Å². The standard InChI is InChI=1S/C27H26BrClN2O2/c1-16(2)17-3-5-18(6-4-17)26-25-22(23-15-19(28)7-12-24(23)30-25)13-14-31(26)27(32)33-21-10-8-20(29)9-11-21/h3-6,8-12,15-16,19,26,30H,7,13-14H2,1-2H3. The number of amides is 1. The molecule has 1 aromatic heterocycles. The van der Waals surface area contributed by atoms with Gasteiger partial charge in [-0.25, -0.2) is 4.79 Å². The highest BCUT2D eigenvalue weighted by molar-refractivity contribution is 9.09. The second kappa shape index (κ2) is 9.03. The van der Waals surface area contributed by atoms with Gasteiger partial charge in [0.25, 0.3) is 0 Å². The topological polar surface area (TPSA) is 45.3 Å². The van der Waals surface area contributed by atoms with E-state index < -0.39 is 0 Å². The zero-order valence-corrected chi connectivity index (χ0v) is 21.0. The Labute approximate surface area is 207 Å². The minimum Gasteiger partial charge on any atom is -0.410 e. The molecule has 170 valence electrons. The Morgan fingerprint density at radius 2 is 1.88 bits per heavy atom. The van der Waals surface area contributed by atoms with Crippen molar-refractivity contribution in [2.75, 3.05) is 6.54 Å². The summed E-state index contributed by atoms with van der Waals surface area (Å²) in [4.78, 5) is 19.2. The van der Waals surface area contributed by atoms with Crippen LogP contribution in [0.1, 0.15) is 54.6 Å². The Hall–Kier alpha value is -2.50. The summed E-state index contributed by atoms with van der Waals surface area (Å²) in [5, 5.41) is 3.01. The number of rotatable bonds is 3. The van der Waals surface area contributed by atoms with Crippen LogP contribution >= 0.6 is 27.5 Å². The first kappa shape index (κ1) is 22.3. The fourth-order valence-corrected chi connectivity index (χ4v) is 5.29. The lowest BCUT2D eigenvalue weighted by molar-refractivity contribution is 0.135. The van der Waals surface area contributed by atoms with E-state index in [2.05, 4.69) is 71.2 Å². The van der Waals surface area contributed by atoms with Crippen LogP contribution in [0.25, 0.3) is 12.2 Å². The molecule has 1 N–H and O–H groups in total. The Morgan fingerprint density at radius 3 is 2.58 bits per heavy atom. The fraction of sp³-hybridized carbons (Fsp3) is 0.296. The summed E-state index contributed by atoms with van der Waals surface area (Å²) in [5.41, 5.74) is 4.71. The number of carbonyl (C=O) groups is 1. The molecule has 0 fully saturated rings. The molecule has 33 heavy (non-hydrogen) atoms. The molecule has 4 nitrogen and oxygen atoms in total. The lowest BCUT2D eigenvalue weighted by Crippen LogP contribution is -2.43. The van der Waals surface area contributed by atoms with Crippen molar-refractivity contribution >= 4 is 45.8 Å². The van der Waals surface area contributed by atoms with E-state index in [1.807, 2.05) is 4.90 Å². The predicted octanol–water partition coefficient (Wildman–Crippen LogP) is 5.67. The molecule has 2 unspecified atom stereocenters. The summed E-state index contributed by atoms with van der Waals surface area (Å²) in [6.07, 6.45) is 5.89. The number of hydrogen-bond donors (Lipinski definition) is 1. The van der Waals surface area contributed by atoms with Crippen molar-refractivity contribution in [1.82, 2.24) is 9.88 Å². The van der Waals surface area contributed by atoms with Crippen LogP contribution in [0.5, 0.6) is 5.75 Å². The molecule has 0 saturated heterocycles. The summed E-state index contributed by atoms with van der Waals surface area (Å²) in [6, 6.07) is 15.2. The lowest BCUT2D eigenvalue weighted by Gasteiger charge is -2.35. The average molecular weight is 526 g/mol. The molecule has 6 heteroatoms. The number of benzene rings is 2. The summed E-state index contributed by atoms with van der Waals surface area (Å²) in [5.74, 6) is 0.934. The number of halogens is 2. The zero-order valence-electron chi connectivity index (χ0n) is 18.6. The van der Waals surface area contributed by atoms with Crippen LogP contribution in [0.15, 0.2) is 48.5 Å². The Morgan fingerprint density at radius 1 is 1.15 bits per heavy atom. The molecule has 2 atom stereocenters. The summed E-state index contributed by atoms with van der Waals surface area (Å²) >= 11 is 9.72. The van der Waals surface area contributed by atoms with Crippen LogP contribution in [0.3, 0.4) is 0 Å². The Bertz CT molecular complexity index is 1300. The number of nitrogens with one attached hydrogen (secondary N) is 1. The first-order valence-corrected chi connectivity index (χ1v) is 12.6. The van der Waals surface area contributed by atoms with Crippen molar-refractivity contribution in [3.8, 4) is 5.75 Å². The first-order valence-electron chi connectivity index (χ1n) is 11.3. The monoisotopic (exact) mass is 524 g/mol. The second-order valence-corrected chi connectivity index (χ2v) is 10.6. The van der Waals surface area contributed by atoms with Crippen LogP contribution in [0.2, 0.25) is 5.02 Å². The molecule has 2 aromatic carbocycles. The number of ether oxygens (including phenoxy) is 1. The van der Waals surface area contributed by atoms with Crippen molar-refractivity contribution in [3.05, 3.63) is 86.5 Å². The normalized spacial score (nSPS) is 19.4. The highest BCUT2D eigenvalue weighted by atomic mass is 79.9. The smallest absolute Gasteiger partial charge is 0.410 e. The number of hydrogen-bond acceptors (Lipinski definition) is 2. The number of alkyl halides is 1. The minimum atomic E-state index is -0.361. The number of nitrogens with zero attached hydrogens (tertiary/aromatic N) is 1. The number of aromatic nitrogens is 1. The van der Waals surface area contributed by atoms with E-state index in [9.17, 15) is 4.79 Å². The van der Waals surface area contributed by atoms with Gasteiger partial charge in [-0.05, 0) is 64.9 Å². The van der Waals surface area contributed by atoms with Gasteiger partial charge in [0.15, 0.2) is 0 Å². The van der Waals surface area contributed by atoms with Crippen molar-refractivity contribution in [2.24, 2.45) is 0 Å². The number of carbonyl (C=O) groups excluding carboxylic acids is 1. The second-order valence-electron chi connectivity index (χ2n) is 8.96. The molecular formula is C27H26BrClN2O2. The molecule has 0 radical (unpaired) electrons. The third kappa shape index (κ3) is 4.36. The molecular weight excluding hydrogens is 500 g/mol. The molecule has 0 spiro atoms. The molecule has 2 heterocycles. The van der Waals surface area contributed by atoms with E-state index in [4.69, 9.17) is 16.3 Å². The molecule has 1 aliphatic heterocycles. The maximum absolute atomic E-state index is 13.4. The van der Waals surface area contributed by atoms with Crippen molar-refractivity contribution < 1.29 is 9.53 Å². The van der Waals surface area contributed by atoms with E-state index in [0.717, 1.165) is 29.4 Å². The van der Waals surface area contributed by atoms with Gasteiger partial charge in [0.2, 0.25) is 0 Å². The van der Waals surface area contributed by atoms with E-state index in [1.54, 1.807) is 24.3 Å². The van der Waals surface area contributed by atoms with Crippen molar-refractivity contribution in [2.45, 2.75) is 43.5 Å². The van der Waals surface area contributed by atoms with Crippen molar-refractivity contribution in [1.29, 1.82) is 0 Å². The van der Waals surface area contributed by atoms with Gasteiger partial charge < -0.3 is 9.72 Å². The van der Waals surface area contributed by atoms with Crippen LogP contribution in [-0.4, -0.2) is 27.3 Å². The van der Waals surface area contributed by atoms with Crippen LogP contribution in [0.4, 0.5) is 4.79 Å². The largest absolute Gasteiger partial charge is 0.416 e. The molecule has 2 aliphatic rings. The third-order valence-electron chi connectivity index (χ3n) is 6.46. The Balaban J connectivity index is 1.57. The molecule has 0 bridgehead atoms. The number of fused-ring (bicyclic) bond motifs is 3. The zero-order chi connectivity index (χ0) is 23.1. The summed E-state index contributed by atoms with van der Waals surface area (Å²) < 4.78 is 5.75. The molecule has 5 rings (SSSR count). The van der Waals surface area contributed by atoms with E-state index in [1.165, 1.54) is 16.3 Å². The van der Waals surface area contributed by atoms with Gasteiger partial charge in [-0.2, -0.15) is 0 Å². The highest BCUT2D eigenvalue weighted by Crippen LogP contribution is 2.34. The summed E-state index contributed by atoms with van der Waals surface area (Å²) in [6.45, 7) is 4.96. The maximum Gasteiger partial charge on any atom is 0.416 e. The van der Waals surface area contributed by atoms with E-state index in [0.29, 0.717) is 28.1 Å². The van der Waals surface area contributed by atoms with E-state index >= 15 is 0 Å². The van der Waals surface area contributed by atoms with Gasteiger partial charge in [0.05, 0.1) is 0 Å². The maximum atomic E-state index is 13.4. The SMILES string of the molecule is CC(C)c1ccc(C2c3[nH]c4c(c3CCN2C(=O)Oc2ccc(Cl)cc2)=CC(Br)CC=4)cc1. The fourth-order valence-electron chi connectivity index (χ4n) is 4.71. The predicted molar refractivity (Wildman–Crippen MR) is 137 cm³/mol. The van der Waals surface area contributed by atoms with Crippen LogP contribution in [-0.2, 0) is 6.42 Å². The molecule has 1 amide bonds. The Kier molecular flexibility index (Phi) is 6.11. The third-order valence-corrected chi connectivity index (χ3v) is 7.35. The lowest BCUT2D eigenvalue weighted by atomic mass is 9.91. The van der Waals surface area contributed by atoms with Gasteiger partial charge >= 0.3 is 6.09 Å². The molecule has 0 saturated carbocycles. The molecule has 1 aliphatic carbocycles. The minimum absolute atomic E-state index is 0.240. The average Bonchev–Trinajstić information content (AvgIpc) is 3.17. The first-order chi connectivity index (χ1) is 15.9.